The van der Waals surface area contributed by atoms with Crippen molar-refractivity contribution >= 4 is 28.9 Å². The molecule has 1 aromatic heterocycles. The SMILES string of the molecule is CC(C)CNc1cc(Nc2ccc(Cl)cc2)ncn1. The van der Waals surface area contributed by atoms with Gasteiger partial charge in [0.15, 0.2) is 0 Å². The van der Waals surface area contributed by atoms with E-state index >= 15 is 0 Å². The van der Waals surface area contributed by atoms with Crippen molar-refractivity contribution in [1.29, 1.82) is 0 Å². The summed E-state index contributed by atoms with van der Waals surface area (Å²) >= 11 is 5.85. The zero-order valence-corrected chi connectivity index (χ0v) is 11.8. The number of nitrogens with zero attached hydrogens (tertiary/aromatic N) is 2. The maximum absolute atomic E-state index is 5.85. The zero-order valence-electron chi connectivity index (χ0n) is 11.0. The Morgan fingerprint density at radius 1 is 1.11 bits per heavy atom. The lowest BCUT2D eigenvalue weighted by Crippen LogP contribution is -2.09. The van der Waals surface area contributed by atoms with Gasteiger partial charge in [-0.25, -0.2) is 9.97 Å². The maximum Gasteiger partial charge on any atom is 0.135 e. The lowest BCUT2D eigenvalue weighted by molar-refractivity contribution is 0.687. The van der Waals surface area contributed by atoms with Crippen molar-refractivity contribution in [2.45, 2.75) is 13.8 Å². The van der Waals surface area contributed by atoms with E-state index in [0.717, 1.165) is 23.9 Å². The van der Waals surface area contributed by atoms with Gasteiger partial charge in [0.2, 0.25) is 0 Å². The number of rotatable bonds is 5. The van der Waals surface area contributed by atoms with Gasteiger partial charge in [0, 0.05) is 23.3 Å². The number of nitrogens with one attached hydrogen (secondary N) is 2. The maximum atomic E-state index is 5.85. The number of hydrogen-bond acceptors (Lipinski definition) is 4. The number of anilines is 3. The van der Waals surface area contributed by atoms with Gasteiger partial charge < -0.3 is 10.6 Å². The normalized spacial score (nSPS) is 10.5. The van der Waals surface area contributed by atoms with E-state index in [1.165, 1.54) is 0 Å². The Hall–Kier alpha value is -1.81. The van der Waals surface area contributed by atoms with Gasteiger partial charge in [-0.1, -0.05) is 25.4 Å². The molecule has 0 aliphatic carbocycles. The third-order valence-electron chi connectivity index (χ3n) is 2.48. The summed E-state index contributed by atoms with van der Waals surface area (Å²) in [6, 6.07) is 9.38. The molecule has 1 aromatic carbocycles. The quantitative estimate of drug-likeness (QED) is 0.868. The topological polar surface area (TPSA) is 49.8 Å². The molecule has 1 heterocycles. The summed E-state index contributed by atoms with van der Waals surface area (Å²) in [5.74, 6) is 2.14. The molecule has 2 rings (SSSR count). The average Bonchev–Trinajstić information content (AvgIpc) is 2.40. The van der Waals surface area contributed by atoms with Crippen LogP contribution in [0.25, 0.3) is 0 Å². The van der Waals surface area contributed by atoms with Crippen LogP contribution in [0.5, 0.6) is 0 Å². The molecule has 0 amide bonds. The van der Waals surface area contributed by atoms with Gasteiger partial charge in [-0.2, -0.15) is 0 Å². The third kappa shape index (κ3) is 4.41. The molecule has 0 aliphatic rings. The Morgan fingerprint density at radius 2 is 1.79 bits per heavy atom. The zero-order chi connectivity index (χ0) is 13.7. The predicted molar refractivity (Wildman–Crippen MR) is 80.1 cm³/mol. The van der Waals surface area contributed by atoms with Crippen LogP contribution in [0, 0.1) is 5.92 Å². The van der Waals surface area contributed by atoms with Crippen LogP contribution >= 0.6 is 11.6 Å². The van der Waals surface area contributed by atoms with Gasteiger partial charge in [0.1, 0.15) is 18.0 Å². The summed E-state index contributed by atoms with van der Waals surface area (Å²) in [6.07, 6.45) is 1.54. The molecule has 19 heavy (non-hydrogen) atoms. The molecule has 0 atom stereocenters. The Morgan fingerprint density at radius 3 is 2.47 bits per heavy atom. The molecule has 0 saturated carbocycles. The first-order valence-corrected chi connectivity index (χ1v) is 6.60. The standard InChI is InChI=1S/C14H17ClN4/c1-10(2)8-16-13-7-14(18-9-17-13)19-12-5-3-11(15)4-6-12/h3-7,9-10H,8H2,1-2H3,(H2,16,17,18,19). The molecular formula is C14H17ClN4. The lowest BCUT2D eigenvalue weighted by atomic mass is 10.2. The molecule has 0 unspecified atom stereocenters. The molecule has 0 fully saturated rings. The number of benzene rings is 1. The van der Waals surface area contributed by atoms with Crippen LogP contribution in [0.4, 0.5) is 17.3 Å². The van der Waals surface area contributed by atoms with Gasteiger partial charge in [-0.05, 0) is 30.2 Å². The van der Waals surface area contributed by atoms with Crippen LogP contribution in [-0.4, -0.2) is 16.5 Å². The molecule has 0 saturated heterocycles. The molecule has 0 radical (unpaired) electrons. The third-order valence-corrected chi connectivity index (χ3v) is 2.73. The first-order chi connectivity index (χ1) is 9.13. The Labute approximate surface area is 118 Å². The minimum atomic E-state index is 0.572. The first-order valence-electron chi connectivity index (χ1n) is 6.22. The molecular weight excluding hydrogens is 260 g/mol. The molecule has 100 valence electrons. The average molecular weight is 277 g/mol. The summed E-state index contributed by atoms with van der Waals surface area (Å²) < 4.78 is 0. The van der Waals surface area contributed by atoms with E-state index in [-0.39, 0.29) is 0 Å². The smallest absolute Gasteiger partial charge is 0.135 e. The van der Waals surface area contributed by atoms with E-state index in [4.69, 9.17) is 11.6 Å². The fourth-order valence-electron chi connectivity index (χ4n) is 1.51. The van der Waals surface area contributed by atoms with E-state index in [9.17, 15) is 0 Å². The summed E-state index contributed by atoms with van der Waals surface area (Å²) in [6.45, 7) is 5.19. The second-order valence-electron chi connectivity index (χ2n) is 4.70. The molecule has 0 spiro atoms. The second-order valence-corrected chi connectivity index (χ2v) is 5.13. The fraction of sp³-hybridized carbons (Fsp3) is 0.286. The van der Waals surface area contributed by atoms with Crippen LogP contribution in [0.2, 0.25) is 5.02 Å². The van der Waals surface area contributed by atoms with E-state index in [1.807, 2.05) is 30.3 Å². The fourth-order valence-corrected chi connectivity index (χ4v) is 1.64. The highest BCUT2D eigenvalue weighted by Crippen LogP contribution is 2.18. The van der Waals surface area contributed by atoms with Crippen molar-refractivity contribution in [3.63, 3.8) is 0 Å². The molecule has 0 bridgehead atoms. The van der Waals surface area contributed by atoms with Gasteiger partial charge in [0.05, 0.1) is 0 Å². The largest absolute Gasteiger partial charge is 0.370 e. The van der Waals surface area contributed by atoms with Crippen LogP contribution in [-0.2, 0) is 0 Å². The summed E-state index contributed by atoms with van der Waals surface area (Å²) in [4.78, 5) is 8.37. The van der Waals surface area contributed by atoms with Crippen molar-refractivity contribution in [3.8, 4) is 0 Å². The number of hydrogen-bond donors (Lipinski definition) is 2. The minimum absolute atomic E-state index is 0.572. The van der Waals surface area contributed by atoms with Crippen LogP contribution in [0.15, 0.2) is 36.7 Å². The lowest BCUT2D eigenvalue weighted by Gasteiger charge is -2.10. The first kappa shape index (κ1) is 13.6. The highest BCUT2D eigenvalue weighted by molar-refractivity contribution is 6.30. The van der Waals surface area contributed by atoms with Gasteiger partial charge >= 0.3 is 0 Å². The van der Waals surface area contributed by atoms with E-state index in [2.05, 4.69) is 34.4 Å². The molecule has 2 N–H and O–H groups in total. The van der Waals surface area contributed by atoms with Crippen molar-refractivity contribution < 1.29 is 0 Å². The van der Waals surface area contributed by atoms with Crippen molar-refractivity contribution in [1.82, 2.24) is 9.97 Å². The van der Waals surface area contributed by atoms with Crippen molar-refractivity contribution in [3.05, 3.63) is 41.7 Å². The second kappa shape index (κ2) is 6.38. The van der Waals surface area contributed by atoms with Crippen molar-refractivity contribution in [2.24, 2.45) is 5.92 Å². The highest BCUT2D eigenvalue weighted by Gasteiger charge is 2.00. The number of aromatic nitrogens is 2. The van der Waals surface area contributed by atoms with Crippen LogP contribution < -0.4 is 10.6 Å². The van der Waals surface area contributed by atoms with Gasteiger partial charge in [-0.15, -0.1) is 0 Å². The molecule has 0 aliphatic heterocycles. The van der Waals surface area contributed by atoms with E-state index in [0.29, 0.717) is 10.9 Å². The highest BCUT2D eigenvalue weighted by atomic mass is 35.5. The predicted octanol–water partition coefficient (Wildman–Crippen LogP) is 3.94. The molecule has 2 aromatic rings. The molecule has 5 heteroatoms. The van der Waals surface area contributed by atoms with Crippen molar-refractivity contribution in [2.75, 3.05) is 17.2 Å². The Kier molecular flexibility index (Phi) is 4.58. The van der Waals surface area contributed by atoms with Crippen LogP contribution in [0.1, 0.15) is 13.8 Å². The molecule has 4 nitrogen and oxygen atoms in total. The number of halogens is 1. The van der Waals surface area contributed by atoms with E-state index in [1.54, 1.807) is 6.33 Å². The van der Waals surface area contributed by atoms with Gasteiger partial charge in [-0.3, -0.25) is 0 Å². The summed E-state index contributed by atoms with van der Waals surface area (Å²) in [7, 11) is 0. The summed E-state index contributed by atoms with van der Waals surface area (Å²) in [5.41, 5.74) is 0.943. The minimum Gasteiger partial charge on any atom is -0.370 e. The monoisotopic (exact) mass is 276 g/mol. The van der Waals surface area contributed by atoms with Crippen LogP contribution in [0.3, 0.4) is 0 Å². The van der Waals surface area contributed by atoms with E-state index < -0.39 is 0 Å². The van der Waals surface area contributed by atoms with Gasteiger partial charge in [0.25, 0.3) is 0 Å². The Bertz CT molecular complexity index is 525. The Balaban J connectivity index is 2.04. The summed E-state index contributed by atoms with van der Waals surface area (Å²) in [5, 5.41) is 7.19.